The molecular formula is C11H12ClNO3S. The van der Waals surface area contributed by atoms with E-state index in [1.54, 1.807) is 13.1 Å². The van der Waals surface area contributed by atoms with Crippen LogP contribution in [0.25, 0.3) is 0 Å². The number of carbonyl (C=O) groups is 1. The second kappa shape index (κ2) is 5.33. The Hall–Kier alpha value is -1.33. The van der Waals surface area contributed by atoms with E-state index in [9.17, 15) is 13.2 Å². The van der Waals surface area contributed by atoms with Gasteiger partial charge in [-0.1, -0.05) is 12.1 Å². The molecule has 0 saturated carbocycles. The first-order valence-electron chi connectivity index (χ1n) is 4.77. The number of hydrogen-bond acceptors (Lipinski definition) is 3. The molecule has 0 atom stereocenters. The van der Waals surface area contributed by atoms with Gasteiger partial charge in [0.05, 0.1) is 4.90 Å². The zero-order valence-electron chi connectivity index (χ0n) is 9.26. The van der Waals surface area contributed by atoms with Gasteiger partial charge in [-0.15, -0.1) is 6.58 Å². The summed E-state index contributed by atoms with van der Waals surface area (Å²) in [5, 5.41) is 0. The van der Waals surface area contributed by atoms with Crippen molar-refractivity contribution in [1.29, 1.82) is 0 Å². The quantitative estimate of drug-likeness (QED) is 0.622. The zero-order valence-corrected chi connectivity index (χ0v) is 10.8. The molecule has 0 aromatic heterocycles. The smallest absolute Gasteiger partial charge is 0.261 e. The molecule has 0 unspecified atom stereocenters. The van der Waals surface area contributed by atoms with E-state index in [-0.39, 0.29) is 16.4 Å². The Morgan fingerprint density at radius 1 is 1.53 bits per heavy atom. The van der Waals surface area contributed by atoms with E-state index in [0.717, 1.165) is 0 Å². The monoisotopic (exact) mass is 273 g/mol. The van der Waals surface area contributed by atoms with Crippen LogP contribution in [0.2, 0.25) is 0 Å². The number of likely N-dealkylation sites (N-methyl/N-ethyl adjacent to an activating group) is 1. The Labute approximate surface area is 105 Å². The molecule has 0 heterocycles. The minimum absolute atomic E-state index is 0.0861. The molecule has 0 radical (unpaired) electrons. The highest BCUT2D eigenvalue weighted by Gasteiger charge is 2.15. The van der Waals surface area contributed by atoms with Crippen molar-refractivity contribution in [3.8, 4) is 0 Å². The van der Waals surface area contributed by atoms with E-state index in [2.05, 4.69) is 6.58 Å². The van der Waals surface area contributed by atoms with Gasteiger partial charge in [-0.25, -0.2) is 8.42 Å². The number of carbonyl (C=O) groups excluding carboxylic acids is 1. The van der Waals surface area contributed by atoms with Crippen LogP contribution < -0.4 is 0 Å². The molecule has 0 fully saturated rings. The third-order valence-electron chi connectivity index (χ3n) is 2.11. The van der Waals surface area contributed by atoms with Gasteiger partial charge in [0.15, 0.2) is 0 Å². The fourth-order valence-electron chi connectivity index (χ4n) is 1.28. The summed E-state index contributed by atoms with van der Waals surface area (Å²) in [7, 11) is 2.99. The van der Waals surface area contributed by atoms with Crippen molar-refractivity contribution in [3.63, 3.8) is 0 Å². The maximum atomic E-state index is 11.9. The lowest BCUT2D eigenvalue weighted by atomic mass is 10.2. The van der Waals surface area contributed by atoms with Crippen LogP contribution in [0.15, 0.2) is 41.8 Å². The van der Waals surface area contributed by atoms with Gasteiger partial charge in [0.2, 0.25) is 0 Å². The Kier molecular flexibility index (Phi) is 4.31. The maximum Gasteiger partial charge on any atom is 0.261 e. The highest BCUT2D eigenvalue weighted by molar-refractivity contribution is 8.13. The molecule has 0 N–H and O–H groups in total. The fourth-order valence-corrected chi connectivity index (χ4v) is 2.07. The van der Waals surface area contributed by atoms with Gasteiger partial charge in [-0.3, -0.25) is 4.79 Å². The SMILES string of the molecule is C=CCN(C)C(=O)c1cccc(S(=O)(=O)Cl)c1. The third kappa shape index (κ3) is 3.57. The number of amides is 1. The predicted octanol–water partition coefficient (Wildman–Crippen LogP) is 1.87. The lowest BCUT2D eigenvalue weighted by Crippen LogP contribution is -2.26. The summed E-state index contributed by atoms with van der Waals surface area (Å²) in [6.45, 7) is 3.91. The lowest BCUT2D eigenvalue weighted by molar-refractivity contribution is 0.0810. The first-order chi connectivity index (χ1) is 7.86. The van der Waals surface area contributed by atoms with E-state index in [0.29, 0.717) is 6.54 Å². The van der Waals surface area contributed by atoms with Crippen molar-refractivity contribution < 1.29 is 13.2 Å². The second-order valence-electron chi connectivity index (χ2n) is 3.44. The Morgan fingerprint density at radius 2 is 2.18 bits per heavy atom. The van der Waals surface area contributed by atoms with Gasteiger partial charge in [-0.05, 0) is 18.2 Å². The molecule has 1 aromatic rings. The maximum absolute atomic E-state index is 11.9. The van der Waals surface area contributed by atoms with Crippen LogP contribution in [0.1, 0.15) is 10.4 Å². The second-order valence-corrected chi connectivity index (χ2v) is 6.01. The Bertz CT molecular complexity index is 539. The average molecular weight is 274 g/mol. The fraction of sp³-hybridized carbons (Fsp3) is 0.182. The van der Waals surface area contributed by atoms with Gasteiger partial charge in [0.1, 0.15) is 0 Å². The molecule has 17 heavy (non-hydrogen) atoms. The summed E-state index contributed by atoms with van der Waals surface area (Å²) >= 11 is 0. The summed E-state index contributed by atoms with van der Waals surface area (Å²) < 4.78 is 22.3. The van der Waals surface area contributed by atoms with Crippen LogP contribution in [0.5, 0.6) is 0 Å². The molecule has 6 heteroatoms. The Balaban J connectivity index is 3.08. The standard InChI is InChI=1S/C11H12ClNO3S/c1-3-7-13(2)11(14)9-5-4-6-10(8-9)17(12,15)16/h3-6,8H,1,7H2,2H3. The minimum Gasteiger partial charge on any atom is -0.338 e. The zero-order chi connectivity index (χ0) is 13.1. The van der Waals surface area contributed by atoms with Crippen LogP contribution in [0, 0.1) is 0 Å². The topological polar surface area (TPSA) is 54.5 Å². The number of benzene rings is 1. The van der Waals surface area contributed by atoms with Gasteiger partial charge >= 0.3 is 0 Å². The first kappa shape index (κ1) is 13.7. The summed E-state index contributed by atoms with van der Waals surface area (Å²) in [4.78, 5) is 13.2. The van der Waals surface area contributed by atoms with E-state index >= 15 is 0 Å². The molecule has 1 amide bonds. The summed E-state index contributed by atoms with van der Waals surface area (Å²) in [6.07, 6.45) is 1.58. The normalized spacial score (nSPS) is 10.9. The number of rotatable bonds is 4. The van der Waals surface area contributed by atoms with E-state index in [4.69, 9.17) is 10.7 Å². The molecule has 1 aromatic carbocycles. The molecule has 1 rings (SSSR count). The minimum atomic E-state index is -3.82. The highest BCUT2D eigenvalue weighted by Crippen LogP contribution is 2.16. The third-order valence-corrected chi connectivity index (χ3v) is 3.46. The van der Waals surface area contributed by atoms with Crippen molar-refractivity contribution in [2.24, 2.45) is 0 Å². The molecule has 92 valence electrons. The van der Waals surface area contributed by atoms with Crippen molar-refractivity contribution in [2.45, 2.75) is 4.90 Å². The number of halogens is 1. The predicted molar refractivity (Wildman–Crippen MR) is 66.6 cm³/mol. The van der Waals surface area contributed by atoms with E-state index in [1.807, 2.05) is 0 Å². The summed E-state index contributed by atoms with van der Waals surface area (Å²) in [5.74, 6) is -0.285. The number of hydrogen-bond donors (Lipinski definition) is 0. The van der Waals surface area contributed by atoms with Crippen molar-refractivity contribution in [2.75, 3.05) is 13.6 Å². The summed E-state index contributed by atoms with van der Waals surface area (Å²) in [5.41, 5.74) is 0.274. The van der Waals surface area contributed by atoms with Crippen LogP contribution in [0.4, 0.5) is 0 Å². The van der Waals surface area contributed by atoms with Gasteiger partial charge in [-0.2, -0.15) is 0 Å². The largest absolute Gasteiger partial charge is 0.338 e. The molecule has 0 aliphatic heterocycles. The number of nitrogens with zero attached hydrogens (tertiary/aromatic N) is 1. The summed E-state index contributed by atoms with van der Waals surface area (Å²) in [6, 6.07) is 5.61. The Morgan fingerprint density at radius 3 is 2.71 bits per heavy atom. The van der Waals surface area contributed by atoms with Crippen molar-refractivity contribution >= 4 is 25.6 Å². The average Bonchev–Trinajstić information content (AvgIpc) is 2.27. The van der Waals surface area contributed by atoms with Crippen LogP contribution in [-0.2, 0) is 9.05 Å². The van der Waals surface area contributed by atoms with Crippen molar-refractivity contribution in [3.05, 3.63) is 42.5 Å². The van der Waals surface area contributed by atoms with Crippen LogP contribution in [0.3, 0.4) is 0 Å². The molecule has 0 aliphatic rings. The van der Waals surface area contributed by atoms with E-state index in [1.165, 1.54) is 29.2 Å². The van der Waals surface area contributed by atoms with Gasteiger partial charge in [0, 0.05) is 29.8 Å². The molecular weight excluding hydrogens is 262 g/mol. The lowest BCUT2D eigenvalue weighted by Gasteiger charge is -2.14. The van der Waals surface area contributed by atoms with E-state index < -0.39 is 9.05 Å². The van der Waals surface area contributed by atoms with Crippen LogP contribution in [-0.4, -0.2) is 32.8 Å². The van der Waals surface area contributed by atoms with Crippen LogP contribution >= 0.6 is 10.7 Å². The molecule has 0 spiro atoms. The van der Waals surface area contributed by atoms with Gasteiger partial charge < -0.3 is 4.90 Å². The first-order valence-corrected chi connectivity index (χ1v) is 7.08. The highest BCUT2D eigenvalue weighted by atomic mass is 35.7. The van der Waals surface area contributed by atoms with Crippen molar-refractivity contribution in [1.82, 2.24) is 4.90 Å². The molecule has 4 nitrogen and oxygen atoms in total. The van der Waals surface area contributed by atoms with Gasteiger partial charge in [0.25, 0.3) is 15.0 Å². The molecule has 0 bridgehead atoms. The molecule has 0 aliphatic carbocycles. The molecule has 0 saturated heterocycles.